The molecule has 0 unspecified atom stereocenters. The normalized spacial score (nSPS) is 16.2. The number of allylic oxidation sites excluding steroid dienone is 3. The Morgan fingerprint density at radius 1 is 1.14 bits per heavy atom. The van der Waals surface area contributed by atoms with Crippen LogP contribution in [-0.2, 0) is 9.59 Å². The molecule has 5 heteroatoms. The van der Waals surface area contributed by atoms with Crippen molar-refractivity contribution in [3.63, 3.8) is 0 Å². The zero-order chi connectivity index (χ0) is 16.3. The maximum Gasteiger partial charge on any atom is 0.221 e. The molecular formula is C17H19N3O2. The predicted molar refractivity (Wildman–Crippen MR) is 88.5 cm³/mol. The summed E-state index contributed by atoms with van der Waals surface area (Å²) in [5.41, 5.74) is 3.57. The fourth-order valence-electron chi connectivity index (χ4n) is 2.04. The lowest BCUT2D eigenvalue weighted by Gasteiger charge is -2.14. The highest BCUT2D eigenvalue weighted by atomic mass is 16.2. The minimum absolute atomic E-state index is 0.213. The quantitative estimate of drug-likeness (QED) is 0.871. The molecule has 0 aromatic heterocycles. The Balaban J connectivity index is 2.32. The first kappa shape index (κ1) is 15.7. The van der Waals surface area contributed by atoms with Gasteiger partial charge < -0.3 is 10.2 Å². The number of anilines is 1. The van der Waals surface area contributed by atoms with Crippen LogP contribution in [0.3, 0.4) is 0 Å². The number of nitrogens with zero attached hydrogens (tertiary/aromatic N) is 2. The van der Waals surface area contributed by atoms with Crippen LogP contribution in [0, 0.1) is 0 Å². The summed E-state index contributed by atoms with van der Waals surface area (Å²) in [6, 6.07) is 7.78. The van der Waals surface area contributed by atoms with Gasteiger partial charge in [0.25, 0.3) is 0 Å². The second-order valence-electron chi connectivity index (χ2n) is 5.34. The van der Waals surface area contributed by atoms with E-state index in [1.54, 1.807) is 6.08 Å². The molecule has 5 nitrogen and oxygen atoms in total. The summed E-state index contributed by atoms with van der Waals surface area (Å²) in [5, 5.41) is 2.53. The Kier molecular flexibility index (Phi) is 4.56. The van der Waals surface area contributed by atoms with Crippen LogP contribution in [0.4, 0.5) is 11.4 Å². The zero-order valence-corrected chi connectivity index (χ0v) is 13.2. The highest BCUT2D eigenvalue weighted by Gasteiger charge is 2.17. The minimum Gasteiger partial charge on any atom is -0.378 e. The Morgan fingerprint density at radius 2 is 1.77 bits per heavy atom. The van der Waals surface area contributed by atoms with Crippen molar-refractivity contribution in [3.8, 4) is 0 Å². The van der Waals surface area contributed by atoms with Gasteiger partial charge in [0.05, 0.1) is 17.1 Å². The molecule has 1 aliphatic carbocycles. The van der Waals surface area contributed by atoms with Gasteiger partial charge in [-0.3, -0.25) is 9.59 Å². The van der Waals surface area contributed by atoms with Crippen LogP contribution < -0.4 is 10.2 Å². The highest BCUT2D eigenvalue weighted by Crippen LogP contribution is 2.21. The average Bonchev–Trinajstić information content (AvgIpc) is 2.44. The van der Waals surface area contributed by atoms with Gasteiger partial charge in [-0.25, -0.2) is 4.99 Å². The maximum absolute atomic E-state index is 11.8. The molecule has 0 bridgehead atoms. The zero-order valence-electron chi connectivity index (χ0n) is 13.2. The van der Waals surface area contributed by atoms with E-state index in [-0.39, 0.29) is 17.4 Å². The van der Waals surface area contributed by atoms with Gasteiger partial charge in [0.2, 0.25) is 11.7 Å². The van der Waals surface area contributed by atoms with Gasteiger partial charge in [-0.1, -0.05) is 0 Å². The smallest absolute Gasteiger partial charge is 0.221 e. The molecule has 1 aliphatic rings. The summed E-state index contributed by atoms with van der Waals surface area (Å²) in [6.45, 7) is 3.20. The predicted octanol–water partition coefficient (Wildman–Crippen LogP) is 2.37. The number of ketones is 1. The molecule has 0 saturated carbocycles. The molecule has 0 radical (unpaired) electrons. The standard InChI is InChI=1S/C17H19N3O2/c1-11-9-17(22)16(18-12(2)21)10-15(11)19-13-5-7-14(8-6-13)20(3)4/h5-10H,1-4H3,(H,18,21). The first-order valence-corrected chi connectivity index (χ1v) is 6.95. The lowest BCUT2D eigenvalue weighted by Crippen LogP contribution is -2.27. The van der Waals surface area contributed by atoms with Gasteiger partial charge in [-0.05, 0) is 48.9 Å². The van der Waals surface area contributed by atoms with Crippen molar-refractivity contribution in [3.05, 3.63) is 47.7 Å². The number of carbonyl (C=O) groups excluding carboxylic acids is 2. The molecule has 1 N–H and O–H groups in total. The molecule has 0 spiro atoms. The SMILES string of the molecule is CC(=O)NC1=CC(=Nc2ccc(N(C)C)cc2)C(C)=CC1=O. The molecule has 0 heterocycles. The summed E-state index contributed by atoms with van der Waals surface area (Å²) in [6.07, 6.45) is 3.09. The van der Waals surface area contributed by atoms with Crippen LogP contribution in [0.15, 0.2) is 52.7 Å². The highest BCUT2D eigenvalue weighted by molar-refractivity contribution is 6.22. The number of amides is 1. The van der Waals surface area contributed by atoms with E-state index in [2.05, 4.69) is 10.3 Å². The van der Waals surface area contributed by atoms with Crippen molar-refractivity contribution < 1.29 is 9.59 Å². The van der Waals surface area contributed by atoms with Crippen molar-refractivity contribution in [2.24, 2.45) is 4.99 Å². The summed E-state index contributed by atoms with van der Waals surface area (Å²) >= 11 is 0. The molecule has 22 heavy (non-hydrogen) atoms. The third kappa shape index (κ3) is 3.69. The number of nitrogens with one attached hydrogen (secondary N) is 1. The molecule has 0 fully saturated rings. The van der Waals surface area contributed by atoms with Gasteiger partial charge in [0.15, 0.2) is 0 Å². The van der Waals surface area contributed by atoms with Gasteiger partial charge in [0.1, 0.15) is 0 Å². The molecule has 0 aliphatic heterocycles. The van der Waals surface area contributed by atoms with Crippen molar-refractivity contribution in [2.45, 2.75) is 13.8 Å². The Bertz CT molecular complexity index is 695. The lowest BCUT2D eigenvalue weighted by atomic mass is 10.0. The maximum atomic E-state index is 11.8. The number of benzene rings is 1. The van der Waals surface area contributed by atoms with Crippen molar-refractivity contribution in [1.29, 1.82) is 0 Å². The van der Waals surface area contributed by atoms with E-state index in [9.17, 15) is 9.59 Å². The molecule has 1 aromatic carbocycles. The first-order chi connectivity index (χ1) is 10.4. The average molecular weight is 297 g/mol. The third-order valence-corrected chi connectivity index (χ3v) is 3.22. The van der Waals surface area contributed by atoms with Gasteiger partial charge >= 0.3 is 0 Å². The molecule has 1 amide bonds. The van der Waals surface area contributed by atoms with Crippen LogP contribution in [-0.4, -0.2) is 31.5 Å². The molecule has 2 rings (SSSR count). The fraction of sp³-hybridized carbons (Fsp3) is 0.235. The molecule has 0 saturated heterocycles. The second-order valence-corrected chi connectivity index (χ2v) is 5.34. The first-order valence-electron chi connectivity index (χ1n) is 6.95. The largest absolute Gasteiger partial charge is 0.378 e. The minimum atomic E-state index is -0.276. The number of carbonyl (C=O) groups is 2. The number of hydrogen-bond acceptors (Lipinski definition) is 4. The number of rotatable bonds is 3. The van der Waals surface area contributed by atoms with E-state index >= 15 is 0 Å². The Labute approximate surface area is 130 Å². The number of hydrogen-bond donors (Lipinski definition) is 1. The van der Waals surface area contributed by atoms with Crippen LogP contribution in [0.5, 0.6) is 0 Å². The van der Waals surface area contributed by atoms with Crippen molar-refractivity contribution in [2.75, 3.05) is 19.0 Å². The third-order valence-electron chi connectivity index (χ3n) is 3.22. The van der Waals surface area contributed by atoms with E-state index in [1.807, 2.05) is 50.2 Å². The Hall–Kier alpha value is -2.69. The van der Waals surface area contributed by atoms with E-state index in [0.29, 0.717) is 5.71 Å². The number of aliphatic imine (C=N–C) groups is 1. The van der Waals surface area contributed by atoms with Crippen LogP contribution >= 0.6 is 0 Å². The van der Waals surface area contributed by atoms with E-state index < -0.39 is 0 Å². The summed E-state index contributed by atoms with van der Waals surface area (Å²) in [4.78, 5) is 29.5. The van der Waals surface area contributed by atoms with Crippen molar-refractivity contribution >= 4 is 28.8 Å². The molecule has 0 atom stereocenters. The fourth-order valence-corrected chi connectivity index (χ4v) is 2.04. The van der Waals surface area contributed by atoms with Gasteiger partial charge in [0, 0.05) is 26.7 Å². The van der Waals surface area contributed by atoms with E-state index in [0.717, 1.165) is 16.9 Å². The Morgan fingerprint density at radius 3 is 2.32 bits per heavy atom. The molecular weight excluding hydrogens is 278 g/mol. The van der Waals surface area contributed by atoms with Crippen LogP contribution in [0.1, 0.15) is 13.8 Å². The summed E-state index contributed by atoms with van der Waals surface area (Å²) in [5.74, 6) is -0.489. The van der Waals surface area contributed by atoms with Crippen LogP contribution in [0.2, 0.25) is 0 Å². The molecule has 114 valence electrons. The van der Waals surface area contributed by atoms with Crippen molar-refractivity contribution in [1.82, 2.24) is 5.32 Å². The van der Waals surface area contributed by atoms with Gasteiger partial charge in [-0.2, -0.15) is 0 Å². The van der Waals surface area contributed by atoms with E-state index in [4.69, 9.17) is 0 Å². The monoisotopic (exact) mass is 297 g/mol. The van der Waals surface area contributed by atoms with Crippen LogP contribution in [0.25, 0.3) is 0 Å². The lowest BCUT2D eigenvalue weighted by molar-refractivity contribution is -0.120. The topological polar surface area (TPSA) is 61.8 Å². The second kappa shape index (κ2) is 6.39. The van der Waals surface area contributed by atoms with Gasteiger partial charge in [-0.15, -0.1) is 0 Å². The molecule has 1 aromatic rings. The summed E-state index contributed by atoms with van der Waals surface area (Å²) in [7, 11) is 3.95. The summed E-state index contributed by atoms with van der Waals surface area (Å²) < 4.78 is 0. The van der Waals surface area contributed by atoms with E-state index in [1.165, 1.54) is 13.0 Å².